The van der Waals surface area contributed by atoms with Gasteiger partial charge in [0.1, 0.15) is 5.75 Å². The van der Waals surface area contributed by atoms with Crippen LogP contribution in [0.5, 0.6) is 5.75 Å². The molecule has 0 radical (unpaired) electrons. The van der Waals surface area contributed by atoms with E-state index in [1.54, 1.807) is 6.07 Å². The molecule has 0 saturated heterocycles. The quantitative estimate of drug-likeness (QED) is 0.816. The van der Waals surface area contributed by atoms with Gasteiger partial charge >= 0.3 is 0 Å². The van der Waals surface area contributed by atoms with E-state index in [0.29, 0.717) is 11.8 Å². The number of aromatic hydroxyl groups is 1. The summed E-state index contributed by atoms with van der Waals surface area (Å²) in [5.74, 6) is 1.19. The summed E-state index contributed by atoms with van der Waals surface area (Å²) in [5, 5.41) is 12.9. The molecule has 88 valence electrons. The van der Waals surface area contributed by atoms with Crippen molar-refractivity contribution in [3.05, 3.63) is 29.8 Å². The highest BCUT2D eigenvalue weighted by atomic mass is 16.3. The molecule has 0 aromatic heterocycles. The highest BCUT2D eigenvalue weighted by Crippen LogP contribution is 2.29. The first-order valence-electron chi connectivity index (χ1n) is 6.25. The van der Waals surface area contributed by atoms with Crippen molar-refractivity contribution in [2.45, 2.75) is 38.1 Å². The van der Waals surface area contributed by atoms with Crippen LogP contribution in [0.4, 0.5) is 0 Å². The Morgan fingerprint density at radius 2 is 2.12 bits per heavy atom. The van der Waals surface area contributed by atoms with Crippen LogP contribution >= 0.6 is 0 Å². The topological polar surface area (TPSA) is 32.3 Å². The Balaban J connectivity index is 2.00. The molecule has 0 amide bonds. The number of phenolic OH excluding ortho intramolecular Hbond substituents is 1. The van der Waals surface area contributed by atoms with Gasteiger partial charge in [0.15, 0.2) is 0 Å². The molecular weight excluding hydrogens is 198 g/mol. The summed E-state index contributed by atoms with van der Waals surface area (Å²) in [6.07, 6.45) is 6.48. The summed E-state index contributed by atoms with van der Waals surface area (Å²) in [5.41, 5.74) is 1.23. The van der Waals surface area contributed by atoms with E-state index in [1.807, 2.05) is 19.2 Å². The fourth-order valence-corrected chi connectivity index (χ4v) is 2.80. The minimum Gasteiger partial charge on any atom is -0.508 e. The third kappa shape index (κ3) is 2.76. The normalized spacial score (nSPS) is 18.8. The molecule has 2 nitrogen and oxygen atoms in total. The molecule has 2 N–H and O–H groups in total. The lowest BCUT2D eigenvalue weighted by Crippen LogP contribution is -2.34. The van der Waals surface area contributed by atoms with E-state index in [9.17, 15) is 5.11 Å². The molecule has 1 fully saturated rings. The molecule has 1 saturated carbocycles. The van der Waals surface area contributed by atoms with E-state index in [4.69, 9.17) is 0 Å². The first-order chi connectivity index (χ1) is 7.79. The van der Waals surface area contributed by atoms with Gasteiger partial charge in [-0.1, -0.05) is 25.0 Å². The number of likely N-dealkylation sites (N-methyl/N-ethyl adjacent to an activating group) is 1. The number of nitrogens with one attached hydrogen (secondary N) is 1. The van der Waals surface area contributed by atoms with Gasteiger partial charge in [-0.15, -0.1) is 0 Å². The standard InChI is InChI=1S/C14H21NO/c1-15-14(12-6-2-3-7-12)10-11-5-4-8-13(16)9-11/h4-5,8-9,12,14-16H,2-3,6-7,10H2,1H3. The zero-order chi connectivity index (χ0) is 11.4. The van der Waals surface area contributed by atoms with Crippen molar-refractivity contribution >= 4 is 0 Å². The van der Waals surface area contributed by atoms with Gasteiger partial charge in [-0.2, -0.15) is 0 Å². The zero-order valence-corrected chi connectivity index (χ0v) is 9.95. The summed E-state index contributed by atoms with van der Waals surface area (Å²) < 4.78 is 0. The number of benzene rings is 1. The predicted molar refractivity (Wildman–Crippen MR) is 66.6 cm³/mol. The van der Waals surface area contributed by atoms with E-state index < -0.39 is 0 Å². The fraction of sp³-hybridized carbons (Fsp3) is 0.571. The Bertz CT molecular complexity index is 331. The second-order valence-corrected chi connectivity index (χ2v) is 4.81. The van der Waals surface area contributed by atoms with Crippen LogP contribution in [0.2, 0.25) is 0 Å². The highest BCUT2D eigenvalue weighted by Gasteiger charge is 2.23. The molecule has 1 aromatic carbocycles. The predicted octanol–water partition coefficient (Wildman–Crippen LogP) is 2.71. The van der Waals surface area contributed by atoms with Gasteiger partial charge in [0.2, 0.25) is 0 Å². The van der Waals surface area contributed by atoms with E-state index in [1.165, 1.54) is 31.2 Å². The molecule has 1 aliphatic rings. The summed E-state index contributed by atoms with van der Waals surface area (Å²) in [6.45, 7) is 0. The maximum atomic E-state index is 9.44. The second kappa shape index (κ2) is 5.35. The molecule has 0 spiro atoms. The van der Waals surface area contributed by atoms with Crippen molar-refractivity contribution in [3.63, 3.8) is 0 Å². The van der Waals surface area contributed by atoms with Crippen LogP contribution < -0.4 is 5.32 Å². The van der Waals surface area contributed by atoms with Crippen molar-refractivity contribution in [2.75, 3.05) is 7.05 Å². The van der Waals surface area contributed by atoms with E-state index in [-0.39, 0.29) is 0 Å². The number of hydrogen-bond acceptors (Lipinski definition) is 2. The molecule has 1 aliphatic carbocycles. The smallest absolute Gasteiger partial charge is 0.115 e. The van der Waals surface area contributed by atoms with Crippen LogP contribution in [0.25, 0.3) is 0 Å². The highest BCUT2D eigenvalue weighted by molar-refractivity contribution is 5.27. The molecule has 1 unspecified atom stereocenters. The zero-order valence-electron chi connectivity index (χ0n) is 9.95. The Morgan fingerprint density at radius 1 is 1.38 bits per heavy atom. The van der Waals surface area contributed by atoms with E-state index >= 15 is 0 Å². The summed E-state index contributed by atoms with van der Waals surface area (Å²) in [7, 11) is 2.05. The van der Waals surface area contributed by atoms with Gasteiger partial charge in [-0.25, -0.2) is 0 Å². The Hall–Kier alpha value is -1.02. The molecule has 0 aliphatic heterocycles. The second-order valence-electron chi connectivity index (χ2n) is 4.81. The first-order valence-corrected chi connectivity index (χ1v) is 6.25. The van der Waals surface area contributed by atoms with E-state index in [2.05, 4.69) is 11.4 Å². The Morgan fingerprint density at radius 3 is 2.75 bits per heavy atom. The summed E-state index contributed by atoms with van der Waals surface area (Å²) in [6, 6.07) is 8.18. The van der Waals surface area contributed by atoms with Crippen molar-refractivity contribution in [1.82, 2.24) is 5.32 Å². The third-order valence-corrected chi connectivity index (χ3v) is 3.71. The van der Waals surface area contributed by atoms with Gasteiger partial charge in [0.05, 0.1) is 0 Å². The third-order valence-electron chi connectivity index (χ3n) is 3.71. The maximum Gasteiger partial charge on any atom is 0.115 e. The molecule has 2 rings (SSSR count). The van der Waals surface area contributed by atoms with Crippen LogP contribution in [-0.2, 0) is 6.42 Å². The molecular formula is C14H21NO. The lowest BCUT2D eigenvalue weighted by atomic mass is 9.92. The summed E-state index contributed by atoms with van der Waals surface area (Å²) in [4.78, 5) is 0. The Kier molecular flexibility index (Phi) is 3.83. The van der Waals surface area contributed by atoms with Crippen LogP contribution in [-0.4, -0.2) is 18.2 Å². The van der Waals surface area contributed by atoms with Gasteiger partial charge in [-0.05, 0) is 49.9 Å². The Labute approximate surface area is 97.7 Å². The van der Waals surface area contributed by atoms with Gasteiger partial charge < -0.3 is 10.4 Å². The minimum absolute atomic E-state index is 0.374. The molecule has 2 heteroatoms. The van der Waals surface area contributed by atoms with Crippen LogP contribution in [0.15, 0.2) is 24.3 Å². The first kappa shape index (κ1) is 11.5. The van der Waals surface area contributed by atoms with E-state index in [0.717, 1.165) is 12.3 Å². The van der Waals surface area contributed by atoms with Crippen molar-refractivity contribution in [1.29, 1.82) is 0 Å². The average Bonchev–Trinajstić information content (AvgIpc) is 2.79. The lowest BCUT2D eigenvalue weighted by Gasteiger charge is -2.23. The van der Waals surface area contributed by atoms with Crippen LogP contribution in [0.1, 0.15) is 31.2 Å². The average molecular weight is 219 g/mol. The van der Waals surface area contributed by atoms with Gasteiger partial charge in [0.25, 0.3) is 0 Å². The molecule has 1 atom stereocenters. The van der Waals surface area contributed by atoms with Crippen molar-refractivity contribution < 1.29 is 5.11 Å². The lowest BCUT2D eigenvalue weighted by molar-refractivity contribution is 0.376. The minimum atomic E-state index is 0.374. The number of phenols is 1. The van der Waals surface area contributed by atoms with Crippen LogP contribution in [0.3, 0.4) is 0 Å². The molecule has 0 bridgehead atoms. The summed E-state index contributed by atoms with van der Waals surface area (Å²) >= 11 is 0. The largest absolute Gasteiger partial charge is 0.508 e. The molecule has 0 heterocycles. The number of hydrogen-bond donors (Lipinski definition) is 2. The van der Waals surface area contributed by atoms with Gasteiger partial charge in [0, 0.05) is 6.04 Å². The van der Waals surface area contributed by atoms with Crippen LogP contribution in [0, 0.1) is 5.92 Å². The number of rotatable bonds is 4. The fourth-order valence-electron chi connectivity index (χ4n) is 2.80. The monoisotopic (exact) mass is 219 g/mol. The van der Waals surface area contributed by atoms with Gasteiger partial charge in [-0.3, -0.25) is 0 Å². The van der Waals surface area contributed by atoms with Crippen molar-refractivity contribution in [2.24, 2.45) is 5.92 Å². The maximum absolute atomic E-state index is 9.44. The SMILES string of the molecule is CNC(Cc1cccc(O)c1)C1CCCC1. The molecule has 16 heavy (non-hydrogen) atoms. The van der Waals surface area contributed by atoms with Crippen molar-refractivity contribution in [3.8, 4) is 5.75 Å². The molecule has 1 aromatic rings.